The Hall–Kier alpha value is -1.11. The molecule has 7 heteroatoms. The van der Waals surface area contributed by atoms with Crippen molar-refractivity contribution in [2.24, 2.45) is 5.92 Å². The molecule has 1 fully saturated rings. The summed E-state index contributed by atoms with van der Waals surface area (Å²) in [5.41, 5.74) is 0.809. The SMILES string of the molecule is CNCCCC(=O)N1CCC(C(=O)Nc2ccc(Br)cc2)CC1.Cl. The molecule has 1 heterocycles. The van der Waals surface area contributed by atoms with E-state index in [9.17, 15) is 9.59 Å². The molecular weight excluding hydrogens is 394 g/mol. The molecule has 0 atom stereocenters. The van der Waals surface area contributed by atoms with Crippen LogP contribution < -0.4 is 10.6 Å². The zero-order valence-electron chi connectivity index (χ0n) is 13.9. The summed E-state index contributed by atoms with van der Waals surface area (Å²) < 4.78 is 0.987. The maximum absolute atomic E-state index is 12.3. The molecule has 0 aromatic heterocycles. The van der Waals surface area contributed by atoms with E-state index < -0.39 is 0 Å². The lowest BCUT2D eigenvalue weighted by molar-refractivity contribution is -0.134. The number of benzene rings is 1. The van der Waals surface area contributed by atoms with Crippen LogP contribution >= 0.6 is 28.3 Å². The van der Waals surface area contributed by atoms with Gasteiger partial charge in [0.2, 0.25) is 11.8 Å². The first kappa shape index (κ1) is 20.9. The number of halogens is 2. The van der Waals surface area contributed by atoms with E-state index in [1.165, 1.54) is 0 Å². The molecule has 0 saturated carbocycles. The highest BCUT2D eigenvalue weighted by Gasteiger charge is 2.27. The molecule has 1 aromatic rings. The minimum absolute atomic E-state index is 0. The fourth-order valence-corrected chi connectivity index (χ4v) is 3.01. The predicted octanol–water partition coefficient (Wildman–Crippen LogP) is 3.05. The number of carbonyl (C=O) groups is 2. The van der Waals surface area contributed by atoms with E-state index in [1.807, 2.05) is 36.2 Å². The summed E-state index contributed by atoms with van der Waals surface area (Å²) in [5.74, 6) is 0.238. The molecule has 0 aliphatic carbocycles. The zero-order chi connectivity index (χ0) is 16.7. The fourth-order valence-electron chi connectivity index (χ4n) is 2.74. The Labute approximate surface area is 158 Å². The van der Waals surface area contributed by atoms with Crippen LogP contribution in [0, 0.1) is 5.92 Å². The zero-order valence-corrected chi connectivity index (χ0v) is 16.3. The van der Waals surface area contributed by atoms with Gasteiger partial charge in [-0.25, -0.2) is 0 Å². The van der Waals surface area contributed by atoms with Crippen LogP contribution in [0.3, 0.4) is 0 Å². The summed E-state index contributed by atoms with van der Waals surface area (Å²) >= 11 is 3.38. The van der Waals surface area contributed by atoms with Crippen molar-refractivity contribution in [2.75, 3.05) is 32.0 Å². The smallest absolute Gasteiger partial charge is 0.227 e. The van der Waals surface area contributed by atoms with Gasteiger partial charge in [-0.1, -0.05) is 15.9 Å². The first-order chi connectivity index (χ1) is 11.1. The van der Waals surface area contributed by atoms with Gasteiger partial charge < -0.3 is 15.5 Å². The molecule has 0 bridgehead atoms. The lowest BCUT2D eigenvalue weighted by Gasteiger charge is -2.31. The van der Waals surface area contributed by atoms with Gasteiger partial charge in [-0.2, -0.15) is 0 Å². The molecule has 2 rings (SSSR count). The van der Waals surface area contributed by atoms with Crippen LogP contribution in [0.25, 0.3) is 0 Å². The fraction of sp³-hybridized carbons (Fsp3) is 0.529. The van der Waals surface area contributed by atoms with Gasteiger partial charge in [0.1, 0.15) is 0 Å². The van der Waals surface area contributed by atoms with Crippen molar-refractivity contribution in [1.82, 2.24) is 10.2 Å². The molecule has 5 nitrogen and oxygen atoms in total. The standard InChI is InChI=1S/C17H24BrN3O2.ClH/c1-19-10-2-3-16(22)21-11-8-13(9-12-21)17(23)20-15-6-4-14(18)5-7-15;/h4-7,13,19H,2-3,8-12H2,1H3,(H,20,23);1H. The molecule has 1 saturated heterocycles. The van der Waals surface area contributed by atoms with Crippen LogP contribution in [-0.2, 0) is 9.59 Å². The second-order valence-electron chi connectivity index (χ2n) is 5.86. The Balaban J connectivity index is 0.00000288. The van der Waals surface area contributed by atoms with Crippen LogP contribution in [0.1, 0.15) is 25.7 Å². The number of nitrogens with zero attached hydrogens (tertiary/aromatic N) is 1. The van der Waals surface area contributed by atoms with Gasteiger partial charge in [0, 0.05) is 35.6 Å². The maximum Gasteiger partial charge on any atom is 0.227 e. The number of likely N-dealkylation sites (tertiary alicyclic amines) is 1. The molecule has 2 amide bonds. The molecule has 134 valence electrons. The van der Waals surface area contributed by atoms with Crippen LogP contribution in [0.5, 0.6) is 0 Å². The lowest BCUT2D eigenvalue weighted by Crippen LogP contribution is -2.41. The highest BCUT2D eigenvalue weighted by atomic mass is 79.9. The molecular formula is C17H25BrClN3O2. The second kappa shape index (κ2) is 10.7. The van der Waals surface area contributed by atoms with Gasteiger partial charge in [-0.3, -0.25) is 9.59 Å². The molecule has 1 aliphatic heterocycles. The van der Waals surface area contributed by atoms with Crippen LogP contribution in [-0.4, -0.2) is 43.4 Å². The third kappa shape index (κ3) is 6.42. The number of hydrogen-bond donors (Lipinski definition) is 2. The van der Waals surface area contributed by atoms with Crippen LogP contribution in [0.15, 0.2) is 28.7 Å². The van der Waals surface area contributed by atoms with Gasteiger partial charge in [0.05, 0.1) is 0 Å². The number of piperidine rings is 1. The molecule has 1 aliphatic rings. The number of nitrogens with one attached hydrogen (secondary N) is 2. The van der Waals surface area contributed by atoms with Crippen LogP contribution in [0.2, 0.25) is 0 Å². The van der Waals surface area contributed by atoms with Gasteiger partial charge in [0.25, 0.3) is 0 Å². The first-order valence-corrected chi connectivity index (χ1v) is 8.88. The summed E-state index contributed by atoms with van der Waals surface area (Å²) in [6.07, 6.45) is 2.91. The van der Waals surface area contributed by atoms with Gasteiger partial charge in [-0.05, 0) is 57.1 Å². The summed E-state index contributed by atoms with van der Waals surface area (Å²) in [4.78, 5) is 26.3. The number of carbonyl (C=O) groups excluding carboxylic acids is 2. The predicted molar refractivity (Wildman–Crippen MR) is 102 cm³/mol. The summed E-state index contributed by atoms with van der Waals surface area (Å²) in [5, 5.41) is 6.00. The molecule has 24 heavy (non-hydrogen) atoms. The summed E-state index contributed by atoms with van der Waals surface area (Å²) in [6.45, 7) is 2.21. The average Bonchev–Trinajstić information content (AvgIpc) is 2.57. The van der Waals surface area contributed by atoms with E-state index in [-0.39, 0.29) is 30.1 Å². The quantitative estimate of drug-likeness (QED) is 0.698. The third-order valence-electron chi connectivity index (χ3n) is 4.15. The lowest BCUT2D eigenvalue weighted by atomic mass is 9.95. The number of hydrogen-bond acceptors (Lipinski definition) is 3. The van der Waals surface area contributed by atoms with Crippen molar-refractivity contribution in [1.29, 1.82) is 0 Å². The largest absolute Gasteiger partial charge is 0.343 e. The van der Waals surface area contributed by atoms with Gasteiger partial charge >= 0.3 is 0 Å². The average molecular weight is 419 g/mol. The molecule has 0 radical (unpaired) electrons. The highest BCUT2D eigenvalue weighted by Crippen LogP contribution is 2.21. The van der Waals surface area contributed by atoms with E-state index in [0.29, 0.717) is 19.5 Å². The Bertz CT molecular complexity index is 531. The number of amides is 2. The third-order valence-corrected chi connectivity index (χ3v) is 4.68. The molecule has 2 N–H and O–H groups in total. The minimum Gasteiger partial charge on any atom is -0.343 e. The Morgan fingerprint density at radius 1 is 1.21 bits per heavy atom. The Morgan fingerprint density at radius 3 is 2.42 bits per heavy atom. The van der Waals surface area contributed by atoms with E-state index >= 15 is 0 Å². The minimum atomic E-state index is -0.0139. The Kier molecular flexibility index (Phi) is 9.33. The molecule has 0 unspecified atom stereocenters. The number of rotatable bonds is 6. The van der Waals surface area contributed by atoms with E-state index in [2.05, 4.69) is 26.6 Å². The van der Waals surface area contributed by atoms with E-state index in [4.69, 9.17) is 0 Å². The monoisotopic (exact) mass is 417 g/mol. The van der Waals surface area contributed by atoms with Crippen molar-refractivity contribution in [2.45, 2.75) is 25.7 Å². The van der Waals surface area contributed by atoms with Crippen molar-refractivity contribution >= 4 is 45.8 Å². The van der Waals surface area contributed by atoms with Gasteiger partial charge in [0.15, 0.2) is 0 Å². The normalized spacial score (nSPS) is 14.8. The van der Waals surface area contributed by atoms with Crippen molar-refractivity contribution < 1.29 is 9.59 Å². The van der Waals surface area contributed by atoms with Crippen molar-refractivity contribution in [3.8, 4) is 0 Å². The summed E-state index contributed by atoms with van der Waals surface area (Å²) in [7, 11) is 1.89. The molecule has 1 aromatic carbocycles. The van der Waals surface area contributed by atoms with E-state index in [0.717, 1.165) is 36.0 Å². The van der Waals surface area contributed by atoms with Crippen molar-refractivity contribution in [3.63, 3.8) is 0 Å². The highest BCUT2D eigenvalue weighted by molar-refractivity contribution is 9.10. The van der Waals surface area contributed by atoms with Crippen LogP contribution in [0.4, 0.5) is 5.69 Å². The Morgan fingerprint density at radius 2 is 1.83 bits per heavy atom. The molecule has 0 spiro atoms. The summed E-state index contributed by atoms with van der Waals surface area (Å²) in [6, 6.07) is 7.56. The van der Waals surface area contributed by atoms with Gasteiger partial charge in [-0.15, -0.1) is 12.4 Å². The van der Waals surface area contributed by atoms with E-state index in [1.54, 1.807) is 0 Å². The first-order valence-electron chi connectivity index (χ1n) is 8.09. The number of anilines is 1. The van der Waals surface area contributed by atoms with Crippen molar-refractivity contribution in [3.05, 3.63) is 28.7 Å². The second-order valence-corrected chi connectivity index (χ2v) is 6.77. The maximum atomic E-state index is 12.3. The topological polar surface area (TPSA) is 61.4 Å².